The second kappa shape index (κ2) is 5.95. The number of hydrogen-bond donors (Lipinski definition) is 1. The summed E-state index contributed by atoms with van der Waals surface area (Å²) in [5.74, 6) is 3.11. The summed E-state index contributed by atoms with van der Waals surface area (Å²) in [5, 5.41) is 3.30. The first-order valence-corrected chi connectivity index (χ1v) is 7.42. The van der Waals surface area contributed by atoms with Crippen molar-refractivity contribution in [1.29, 1.82) is 0 Å². The zero-order chi connectivity index (χ0) is 14.8. The first kappa shape index (κ1) is 15.0. The minimum Gasteiger partial charge on any atom is -0.377 e. The van der Waals surface area contributed by atoms with Crippen LogP contribution in [0.2, 0.25) is 0 Å². The minimum absolute atomic E-state index is 0.0374. The molecule has 2 heterocycles. The fourth-order valence-electron chi connectivity index (χ4n) is 2.40. The zero-order valence-corrected chi connectivity index (χ0v) is 13.2. The van der Waals surface area contributed by atoms with Gasteiger partial charge in [-0.15, -0.1) is 0 Å². The van der Waals surface area contributed by atoms with Crippen LogP contribution in [0.25, 0.3) is 0 Å². The predicted molar refractivity (Wildman–Crippen MR) is 82.5 cm³/mol. The molecule has 5 nitrogen and oxygen atoms in total. The first-order chi connectivity index (χ1) is 9.44. The minimum atomic E-state index is -0.0374. The molecule has 1 aliphatic rings. The van der Waals surface area contributed by atoms with Crippen molar-refractivity contribution < 1.29 is 4.74 Å². The van der Waals surface area contributed by atoms with Crippen LogP contribution in [0.1, 0.15) is 46.4 Å². The summed E-state index contributed by atoms with van der Waals surface area (Å²) >= 11 is 0. The van der Waals surface area contributed by atoms with E-state index >= 15 is 0 Å². The van der Waals surface area contributed by atoms with Gasteiger partial charge in [-0.3, -0.25) is 0 Å². The van der Waals surface area contributed by atoms with Crippen molar-refractivity contribution in [2.24, 2.45) is 0 Å². The molecule has 112 valence electrons. The van der Waals surface area contributed by atoms with E-state index < -0.39 is 0 Å². The largest absolute Gasteiger partial charge is 0.377 e. The van der Waals surface area contributed by atoms with Gasteiger partial charge in [-0.1, -0.05) is 13.8 Å². The molecule has 20 heavy (non-hydrogen) atoms. The van der Waals surface area contributed by atoms with Gasteiger partial charge in [-0.2, -0.15) is 0 Å². The Morgan fingerprint density at radius 3 is 2.75 bits per heavy atom. The maximum Gasteiger partial charge on any atom is 0.135 e. The van der Waals surface area contributed by atoms with Crippen molar-refractivity contribution >= 4 is 11.6 Å². The van der Waals surface area contributed by atoms with E-state index in [1.807, 2.05) is 6.07 Å². The molecule has 1 saturated heterocycles. The van der Waals surface area contributed by atoms with Gasteiger partial charge in [-0.05, 0) is 20.8 Å². The Bertz CT molecular complexity index is 459. The summed E-state index contributed by atoms with van der Waals surface area (Å²) in [7, 11) is 0. The number of rotatable bonds is 4. The molecule has 0 bridgehead atoms. The second-order valence-corrected chi connectivity index (χ2v) is 6.17. The van der Waals surface area contributed by atoms with Crippen molar-refractivity contribution in [3.05, 3.63) is 11.9 Å². The number of anilines is 2. The van der Waals surface area contributed by atoms with Gasteiger partial charge in [0.05, 0.1) is 18.8 Å². The highest BCUT2D eigenvalue weighted by Crippen LogP contribution is 2.28. The lowest BCUT2D eigenvalue weighted by molar-refractivity contribution is 0.0639. The van der Waals surface area contributed by atoms with E-state index in [-0.39, 0.29) is 5.54 Å². The molecule has 0 atom stereocenters. The molecular formula is C15H26N4O. The smallest absolute Gasteiger partial charge is 0.135 e. The molecule has 1 aromatic rings. The third kappa shape index (κ3) is 3.20. The number of ether oxygens (including phenoxy) is 1. The molecule has 1 fully saturated rings. The lowest BCUT2D eigenvalue weighted by atomic mass is 10.0. The molecular weight excluding hydrogens is 252 g/mol. The van der Waals surface area contributed by atoms with Crippen molar-refractivity contribution in [3.8, 4) is 0 Å². The summed E-state index contributed by atoms with van der Waals surface area (Å²) in [5.41, 5.74) is -0.0374. The Kier molecular flexibility index (Phi) is 4.48. The van der Waals surface area contributed by atoms with Gasteiger partial charge >= 0.3 is 0 Å². The lowest BCUT2D eigenvalue weighted by Crippen LogP contribution is -2.53. The maximum atomic E-state index is 5.59. The standard InChI is InChI=1S/C15H26N4O/c1-6-16-12-9-13(18-14(17-12)11(2)3)19-7-8-20-10-15(19,4)5/h9,11H,6-8,10H2,1-5H3,(H,16,17,18). The van der Waals surface area contributed by atoms with Crippen molar-refractivity contribution in [2.45, 2.75) is 46.1 Å². The Balaban J connectivity index is 2.38. The fraction of sp³-hybridized carbons (Fsp3) is 0.733. The van der Waals surface area contributed by atoms with Crippen LogP contribution >= 0.6 is 0 Å². The Morgan fingerprint density at radius 1 is 1.40 bits per heavy atom. The highest BCUT2D eigenvalue weighted by molar-refractivity contribution is 5.51. The Labute approximate surface area is 121 Å². The Morgan fingerprint density at radius 2 is 2.15 bits per heavy atom. The molecule has 1 aromatic heterocycles. The summed E-state index contributed by atoms with van der Waals surface area (Å²) in [4.78, 5) is 11.7. The maximum absolute atomic E-state index is 5.59. The van der Waals surface area contributed by atoms with Crippen LogP contribution in [0, 0.1) is 0 Å². The topological polar surface area (TPSA) is 50.3 Å². The molecule has 0 aromatic carbocycles. The van der Waals surface area contributed by atoms with Crippen molar-refractivity contribution in [1.82, 2.24) is 9.97 Å². The number of nitrogens with zero attached hydrogens (tertiary/aromatic N) is 3. The number of hydrogen-bond acceptors (Lipinski definition) is 5. The van der Waals surface area contributed by atoms with Gasteiger partial charge in [0.1, 0.15) is 17.5 Å². The van der Waals surface area contributed by atoms with Gasteiger partial charge in [0, 0.05) is 25.1 Å². The van der Waals surface area contributed by atoms with Crippen LogP contribution < -0.4 is 10.2 Å². The molecule has 0 aliphatic carbocycles. The average Bonchev–Trinajstić information content (AvgIpc) is 2.38. The number of aromatic nitrogens is 2. The molecule has 0 spiro atoms. The fourth-order valence-corrected chi connectivity index (χ4v) is 2.40. The van der Waals surface area contributed by atoms with Crippen LogP contribution in [0.4, 0.5) is 11.6 Å². The molecule has 0 amide bonds. The third-order valence-electron chi connectivity index (χ3n) is 3.53. The molecule has 2 rings (SSSR count). The van der Waals surface area contributed by atoms with E-state index in [1.54, 1.807) is 0 Å². The van der Waals surface area contributed by atoms with Gasteiger partial charge in [0.15, 0.2) is 0 Å². The van der Waals surface area contributed by atoms with E-state index in [4.69, 9.17) is 9.72 Å². The highest BCUT2D eigenvalue weighted by atomic mass is 16.5. The normalized spacial score (nSPS) is 18.4. The predicted octanol–water partition coefficient (Wildman–Crippen LogP) is 2.65. The van der Waals surface area contributed by atoms with E-state index in [0.29, 0.717) is 5.92 Å². The van der Waals surface area contributed by atoms with E-state index in [2.05, 4.69) is 49.8 Å². The van der Waals surface area contributed by atoms with E-state index in [1.165, 1.54) is 0 Å². The first-order valence-electron chi connectivity index (χ1n) is 7.42. The summed E-state index contributed by atoms with van der Waals surface area (Å²) in [6, 6.07) is 2.04. The van der Waals surface area contributed by atoms with Gasteiger partial charge in [0.2, 0.25) is 0 Å². The van der Waals surface area contributed by atoms with Gasteiger partial charge in [0.25, 0.3) is 0 Å². The van der Waals surface area contributed by atoms with Crippen molar-refractivity contribution in [3.63, 3.8) is 0 Å². The number of morpholine rings is 1. The van der Waals surface area contributed by atoms with Crippen molar-refractivity contribution in [2.75, 3.05) is 36.5 Å². The number of nitrogens with one attached hydrogen (secondary N) is 1. The summed E-state index contributed by atoms with van der Waals surface area (Å²) < 4.78 is 5.59. The summed E-state index contributed by atoms with van der Waals surface area (Å²) in [6.07, 6.45) is 0. The monoisotopic (exact) mass is 278 g/mol. The highest BCUT2D eigenvalue weighted by Gasteiger charge is 2.32. The SMILES string of the molecule is CCNc1cc(N2CCOCC2(C)C)nc(C(C)C)n1. The molecule has 5 heteroatoms. The van der Waals surface area contributed by atoms with Crippen LogP contribution in [-0.2, 0) is 4.74 Å². The van der Waals surface area contributed by atoms with Gasteiger partial charge in [-0.25, -0.2) is 9.97 Å². The van der Waals surface area contributed by atoms with Gasteiger partial charge < -0.3 is 15.0 Å². The molecule has 0 saturated carbocycles. The average molecular weight is 278 g/mol. The molecule has 1 N–H and O–H groups in total. The third-order valence-corrected chi connectivity index (χ3v) is 3.53. The quantitative estimate of drug-likeness (QED) is 0.917. The molecule has 0 radical (unpaired) electrons. The van der Waals surface area contributed by atoms with Crippen LogP contribution in [0.3, 0.4) is 0 Å². The van der Waals surface area contributed by atoms with E-state index in [0.717, 1.165) is 43.8 Å². The zero-order valence-electron chi connectivity index (χ0n) is 13.2. The molecule has 1 aliphatic heterocycles. The second-order valence-electron chi connectivity index (χ2n) is 6.17. The summed E-state index contributed by atoms with van der Waals surface area (Å²) in [6.45, 7) is 13.9. The van der Waals surface area contributed by atoms with Crippen LogP contribution in [0.15, 0.2) is 6.07 Å². The Hall–Kier alpha value is -1.36. The van der Waals surface area contributed by atoms with Crippen LogP contribution in [-0.4, -0.2) is 41.8 Å². The van der Waals surface area contributed by atoms with Crippen LogP contribution in [0.5, 0.6) is 0 Å². The lowest BCUT2D eigenvalue weighted by Gasteiger charge is -2.43. The molecule has 0 unspecified atom stereocenters. The van der Waals surface area contributed by atoms with E-state index in [9.17, 15) is 0 Å².